The summed E-state index contributed by atoms with van der Waals surface area (Å²) in [6, 6.07) is 12.3. The quantitative estimate of drug-likeness (QED) is 0.861. The summed E-state index contributed by atoms with van der Waals surface area (Å²) in [5.41, 5.74) is 8.09. The molecule has 5 nitrogen and oxygen atoms in total. The molecule has 3 rings (SSSR count). The monoisotopic (exact) mass is 358 g/mol. The summed E-state index contributed by atoms with van der Waals surface area (Å²) in [5.74, 6) is -0.342. The molecule has 6 heteroatoms. The third kappa shape index (κ3) is 4.59. The molecule has 1 atom stereocenters. The second-order valence-electron chi connectivity index (χ2n) is 6.49. The fraction of sp³-hybridized carbons (Fsp3) is 0.350. The Balaban J connectivity index is 1.64. The Kier molecular flexibility index (Phi) is 5.85. The third-order valence-electron chi connectivity index (χ3n) is 4.45. The van der Waals surface area contributed by atoms with E-state index in [9.17, 15) is 9.18 Å². The van der Waals surface area contributed by atoms with Gasteiger partial charge in [-0.2, -0.15) is 0 Å². The van der Waals surface area contributed by atoms with Crippen LogP contribution in [-0.2, 0) is 22.7 Å². The molecule has 2 N–H and O–H groups in total. The van der Waals surface area contributed by atoms with Crippen molar-refractivity contribution < 1.29 is 18.7 Å². The molecule has 0 saturated carbocycles. The molecule has 0 spiro atoms. The molecule has 2 aromatic rings. The van der Waals surface area contributed by atoms with Crippen molar-refractivity contribution >= 4 is 5.91 Å². The lowest BCUT2D eigenvalue weighted by molar-refractivity contribution is -0.129. The Morgan fingerprint density at radius 1 is 1.35 bits per heavy atom. The number of amides is 1. The molecule has 1 unspecified atom stereocenters. The SMILES string of the molecule is Cc1cccc(COc2ccc(CN3CCOCC3C(N)=O)c(F)c2)c1. The van der Waals surface area contributed by atoms with Crippen molar-refractivity contribution in [2.75, 3.05) is 19.8 Å². The summed E-state index contributed by atoms with van der Waals surface area (Å²) in [7, 11) is 0. The van der Waals surface area contributed by atoms with Crippen LogP contribution < -0.4 is 10.5 Å². The van der Waals surface area contributed by atoms with Crippen molar-refractivity contribution in [1.82, 2.24) is 4.90 Å². The van der Waals surface area contributed by atoms with E-state index in [1.165, 1.54) is 6.07 Å². The molecule has 1 fully saturated rings. The highest BCUT2D eigenvalue weighted by Crippen LogP contribution is 2.21. The second kappa shape index (κ2) is 8.29. The number of benzene rings is 2. The van der Waals surface area contributed by atoms with E-state index in [2.05, 4.69) is 0 Å². The maximum atomic E-state index is 14.5. The minimum Gasteiger partial charge on any atom is -0.489 e. The van der Waals surface area contributed by atoms with Gasteiger partial charge in [0.25, 0.3) is 0 Å². The number of primary amides is 1. The van der Waals surface area contributed by atoms with Gasteiger partial charge in [0.1, 0.15) is 24.2 Å². The van der Waals surface area contributed by atoms with Crippen LogP contribution >= 0.6 is 0 Å². The molecule has 1 heterocycles. The minimum absolute atomic E-state index is 0.245. The number of carbonyl (C=O) groups is 1. The summed E-state index contributed by atoms with van der Waals surface area (Å²) in [4.78, 5) is 13.4. The van der Waals surface area contributed by atoms with Gasteiger partial charge in [0.15, 0.2) is 0 Å². The van der Waals surface area contributed by atoms with Crippen molar-refractivity contribution in [1.29, 1.82) is 0 Å². The predicted molar refractivity (Wildman–Crippen MR) is 96.1 cm³/mol. The first-order chi connectivity index (χ1) is 12.5. The van der Waals surface area contributed by atoms with Gasteiger partial charge in [-0.3, -0.25) is 9.69 Å². The molecule has 1 saturated heterocycles. The Labute approximate surface area is 152 Å². The molecule has 26 heavy (non-hydrogen) atoms. The van der Waals surface area contributed by atoms with E-state index >= 15 is 0 Å². The second-order valence-corrected chi connectivity index (χ2v) is 6.49. The highest BCUT2D eigenvalue weighted by Gasteiger charge is 2.28. The van der Waals surface area contributed by atoms with Crippen molar-refractivity contribution in [2.24, 2.45) is 5.73 Å². The van der Waals surface area contributed by atoms with Crippen molar-refractivity contribution in [3.8, 4) is 5.75 Å². The normalized spacial score (nSPS) is 17.8. The predicted octanol–water partition coefficient (Wildman–Crippen LogP) is 2.40. The van der Waals surface area contributed by atoms with Gasteiger partial charge >= 0.3 is 0 Å². The first-order valence-corrected chi connectivity index (χ1v) is 8.61. The van der Waals surface area contributed by atoms with E-state index in [0.717, 1.165) is 11.1 Å². The maximum Gasteiger partial charge on any atom is 0.237 e. The van der Waals surface area contributed by atoms with Crippen LogP contribution in [-0.4, -0.2) is 36.6 Å². The fourth-order valence-electron chi connectivity index (χ4n) is 3.02. The minimum atomic E-state index is -0.527. The van der Waals surface area contributed by atoms with Crippen LogP contribution in [0.5, 0.6) is 5.75 Å². The highest BCUT2D eigenvalue weighted by atomic mass is 19.1. The molecular formula is C20H23FN2O3. The van der Waals surface area contributed by atoms with Crippen LogP contribution in [0.1, 0.15) is 16.7 Å². The highest BCUT2D eigenvalue weighted by molar-refractivity contribution is 5.80. The Morgan fingerprint density at radius 2 is 2.19 bits per heavy atom. The van der Waals surface area contributed by atoms with E-state index in [4.69, 9.17) is 15.2 Å². The molecular weight excluding hydrogens is 335 g/mol. The largest absolute Gasteiger partial charge is 0.489 e. The number of rotatable bonds is 6. The number of nitrogens with two attached hydrogens (primary N) is 1. The van der Waals surface area contributed by atoms with Gasteiger partial charge in [-0.25, -0.2) is 4.39 Å². The lowest BCUT2D eigenvalue weighted by Crippen LogP contribution is -2.51. The van der Waals surface area contributed by atoms with E-state index < -0.39 is 11.9 Å². The number of hydrogen-bond acceptors (Lipinski definition) is 4. The zero-order valence-electron chi connectivity index (χ0n) is 14.8. The lowest BCUT2D eigenvalue weighted by Gasteiger charge is -2.33. The van der Waals surface area contributed by atoms with Crippen LogP contribution in [0.3, 0.4) is 0 Å². The zero-order chi connectivity index (χ0) is 18.5. The molecule has 1 aliphatic rings. The number of halogens is 1. The van der Waals surface area contributed by atoms with Gasteiger partial charge < -0.3 is 15.2 Å². The molecule has 0 aliphatic carbocycles. The molecule has 2 aromatic carbocycles. The molecule has 0 aromatic heterocycles. The van der Waals surface area contributed by atoms with E-state index in [0.29, 0.717) is 37.6 Å². The summed E-state index contributed by atoms with van der Waals surface area (Å²) in [5, 5.41) is 0. The number of ether oxygens (including phenoxy) is 2. The molecule has 0 radical (unpaired) electrons. The third-order valence-corrected chi connectivity index (χ3v) is 4.45. The van der Waals surface area contributed by atoms with Gasteiger partial charge in [-0.1, -0.05) is 35.9 Å². The van der Waals surface area contributed by atoms with Gasteiger partial charge in [-0.15, -0.1) is 0 Å². The van der Waals surface area contributed by atoms with E-state index in [-0.39, 0.29) is 12.4 Å². The summed E-state index contributed by atoms with van der Waals surface area (Å²) in [6.07, 6.45) is 0. The summed E-state index contributed by atoms with van der Waals surface area (Å²) in [6.45, 7) is 3.99. The number of aryl methyl sites for hydroxylation is 1. The van der Waals surface area contributed by atoms with Crippen LogP contribution in [0.4, 0.5) is 4.39 Å². The van der Waals surface area contributed by atoms with Gasteiger partial charge in [0.2, 0.25) is 5.91 Å². The van der Waals surface area contributed by atoms with E-state index in [1.807, 2.05) is 36.1 Å². The zero-order valence-corrected chi connectivity index (χ0v) is 14.8. The molecule has 1 amide bonds. The van der Waals surface area contributed by atoms with Gasteiger partial charge in [0, 0.05) is 24.7 Å². The molecule has 138 valence electrons. The molecule has 0 bridgehead atoms. The lowest BCUT2D eigenvalue weighted by atomic mass is 10.1. The van der Waals surface area contributed by atoms with Crippen LogP contribution in [0.2, 0.25) is 0 Å². The van der Waals surface area contributed by atoms with Gasteiger partial charge in [0.05, 0.1) is 13.2 Å². The first kappa shape index (κ1) is 18.4. The fourth-order valence-corrected chi connectivity index (χ4v) is 3.02. The van der Waals surface area contributed by atoms with Crippen LogP contribution in [0.25, 0.3) is 0 Å². The Hall–Kier alpha value is -2.44. The summed E-state index contributed by atoms with van der Waals surface area (Å²) >= 11 is 0. The first-order valence-electron chi connectivity index (χ1n) is 8.61. The van der Waals surface area contributed by atoms with Crippen LogP contribution in [0, 0.1) is 12.7 Å². The van der Waals surface area contributed by atoms with Crippen LogP contribution in [0.15, 0.2) is 42.5 Å². The standard InChI is InChI=1S/C20H23FN2O3/c1-14-3-2-4-15(9-14)12-26-17-6-5-16(18(21)10-17)11-23-7-8-25-13-19(23)20(22)24/h2-6,9-10,19H,7-8,11-13H2,1H3,(H2,22,24). The smallest absolute Gasteiger partial charge is 0.237 e. The number of hydrogen-bond donors (Lipinski definition) is 1. The Morgan fingerprint density at radius 3 is 2.92 bits per heavy atom. The topological polar surface area (TPSA) is 64.8 Å². The van der Waals surface area contributed by atoms with Crippen molar-refractivity contribution in [2.45, 2.75) is 26.1 Å². The Bertz CT molecular complexity index is 781. The number of nitrogens with zero attached hydrogens (tertiary/aromatic N) is 1. The van der Waals surface area contributed by atoms with E-state index in [1.54, 1.807) is 12.1 Å². The molecule has 1 aliphatic heterocycles. The van der Waals surface area contributed by atoms with Crippen molar-refractivity contribution in [3.63, 3.8) is 0 Å². The van der Waals surface area contributed by atoms with Gasteiger partial charge in [-0.05, 0) is 18.6 Å². The van der Waals surface area contributed by atoms with Crippen molar-refractivity contribution in [3.05, 3.63) is 65.0 Å². The average Bonchev–Trinajstić information content (AvgIpc) is 2.62. The summed E-state index contributed by atoms with van der Waals surface area (Å²) < 4.78 is 25.4. The maximum absolute atomic E-state index is 14.5. The number of morpholine rings is 1. The number of carbonyl (C=O) groups excluding carboxylic acids is 1. The average molecular weight is 358 g/mol.